The summed E-state index contributed by atoms with van der Waals surface area (Å²) in [5.74, 6) is 0.841. The van der Waals surface area contributed by atoms with Gasteiger partial charge in [0, 0.05) is 5.56 Å². The Morgan fingerprint density at radius 2 is 1.88 bits per heavy atom. The van der Waals surface area contributed by atoms with Gasteiger partial charge in [-0.25, -0.2) is 9.78 Å². The highest BCUT2D eigenvalue weighted by Gasteiger charge is 2.20. The van der Waals surface area contributed by atoms with Gasteiger partial charge in [-0.2, -0.15) is 9.78 Å². The van der Waals surface area contributed by atoms with Crippen LogP contribution in [0.1, 0.15) is 50.3 Å². The predicted octanol–water partition coefficient (Wildman–Crippen LogP) is 6.40. The van der Waals surface area contributed by atoms with Crippen molar-refractivity contribution in [2.45, 2.75) is 46.6 Å². The van der Waals surface area contributed by atoms with E-state index in [0.717, 1.165) is 22.4 Å². The molecule has 0 saturated heterocycles. The molecule has 1 heterocycles. The molecule has 9 nitrogen and oxygen atoms in total. The van der Waals surface area contributed by atoms with Crippen LogP contribution in [0.25, 0.3) is 22.3 Å². The molecule has 0 fully saturated rings. The third kappa shape index (κ3) is 6.27. The summed E-state index contributed by atoms with van der Waals surface area (Å²) in [6.07, 6.45) is 0.444. The molecular formula is C31H32BrN3O6. The number of aryl methyl sites for hydroxylation is 1. The maximum absolute atomic E-state index is 13.7. The number of aromatic nitrogens is 2. The lowest BCUT2D eigenvalue weighted by Crippen LogP contribution is -2.23. The highest BCUT2D eigenvalue weighted by molar-refractivity contribution is 9.10. The van der Waals surface area contributed by atoms with Gasteiger partial charge < -0.3 is 19.3 Å². The lowest BCUT2D eigenvalue weighted by molar-refractivity contribution is -0.144. The van der Waals surface area contributed by atoms with E-state index in [2.05, 4.69) is 34.9 Å². The minimum Gasteiger partial charge on any atom is -0.496 e. The van der Waals surface area contributed by atoms with E-state index in [9.17, 15) is 14.7 Å². The Kier molecular flexibility index (Phi) is 9.12. The quantitative estimate of drug-likeness (QED) is 0.204. The molecule has 0 aliphatic heterocycles. The average molecular weight is 623 g/mol. The summed E-state index contributed by atoms with van der Waals surface area (Å²) in [5, 5.41) is 14.3. The molecule has 214 valence electrons. The third-order valence-electron chi connectivity index (χ3n) is 6.49. The van der Waals surface area contributed by atoms with E-state index in [1.54, 1.807) is 37.4 Å². The van der Waals surface area contributed by atoms with Gasteiger partial charge in [0.2, 0.25) is 0 Å². The largest absolute Gasteiger partial charge is 0.496 e. The summed E-state index contributed by atoms with van der Waals surface area (Å²) in [4.78, 5) is 30.0. The van der Waals surface area contributed by atoms with Gasteiger partial charge in [-0.15, -0.1) is 0 Å². The zero-order valence-electron chi connectivity index (χ0n) is 23.8. The van der Waals surface area contributed by atoms with E-state index in [0.29, 0.717) is 39.1 Å². The molecule has 0 aliphatic rings. The molecule has 0 radical (unpaired) electrons. The molecule has 1 atom stereocenters. The van der Waals surface area contributed by atoms with Crippen molar-refractivity contribution in [1.82, 2.24) is 9.66 Å². The highest BCUT2D eigenvalue weighted by Crippen LogP contribution is 2.38. The number of halogens is 1. The van der Waals surface area contributed by atoms with E-state index in [4.69, 9.17) is 19.2 Å². The van der Waals surface area contributed by atoms with E-state index in [1.165, 1.54) is 17.8 Å². The van der Waals surface area contributed by atoms with Crippen molar-refractivity contribution in [1.29, 1.82) is 0 Å². The maximum atomic E-state index is 13.7. The number of benzene rings is 3. The van der Waals surface area contributed by atoms with Crippen molar-refractivity contribution in [2.24, 2.45) is 5.10 Å². The number of aliphatic carboxylic acids is 1. The SMILES string of the molecule is CCOc1cc(C=Nn2c(-c3cc(C(C)C)c(OC)cc3C)nc3ccccc3c2=O)cc(Br)c1O[C@@H](C)C(=O)O. The summed E-state index contributed by atoms with van der Waals surface area (Å²) >= 11 is 3.46. The second-order valence-corrected chi connectivity index (χ2v) is 10.6. The van der Waals surface area contributed by atoms with Crippen LogP contribution in [0.3, 0.4) is 0 Å². The van der Waals surface area contributed by atoms with Crippen LogP contribution in [0.4, 0.5) is 0 Å². The van der Waals surface area contributed by atoms with Gasteiger partial charge in [-0.05, 0) is 95.7 Å². The molecule has 0 amide bonds. The normalized spacial score (nSPS) is 12.2. The highest BCUT2D eigenvalue weighted by atomic mass is 79.9. The van der Waals surface area contributed by atoms with Gasteiger partial charge in [0.15, 0.2) is 23.4 Å². The Morgan fingerprint density at radius 1 is 1.15 bits per heavy atom. The van der Waals surface area contributed by atoms with E-state index in [-0.39, 0.29) is 17.2 Å². The van der Waals surface area contributed by atoms with Gasteiger partial charge in [-0.3, -0.25) is 4.79 Å². The number of fused-ring (bicyclic) bond motifs is 1. The minimum absolute atomic E-state index is 0.173. The molecule has 4 aromatic rings. The van der Waals surface area contributed by atoms with E-state index < -0.39 is 12.1 Å². The van der Waals surface area contributed by atoms with Crippen LogP contribution < -0.4 is 19.8 Å². The van der Waals surface area contributed by atoms with Gasteiger partial charge in [-0.1, -0.05) is 26.0 Å². The van der Waals surface area contributed by atoms with Crippen molar-refractivity contribution < 1.29 is 24.1 Å². The summed E-state index contributed by atoms with van der Waals surface area (Å²) in [5.41, 5.74) is 3.47. The smallest absolute Gasteiger partial charge is 0.344 e. The van der Waals surface area contributed by atoms with Crippen molar-refractivity contribution >= 4 is 39.0 Å². The van der Waals surface area contributed by atoms with Crippen LogP contribution in [-0.2, 0) is 4.79 Å². The third-order valence-corrected chi connectivity index (χ3v) is 7.08. The number of nitrogens with zero attached hydrogens (tertiary/aromatic N) is 3. The van der Waals surface area contributed by atoms with Crippen LogP contribution in [0.15, 0.2) is 62.9 Å². The van der Waals surface area contributed by atoms with Gasteiger partial charge in [0.25, 0.3) is 5.56 Å². The van der Waals surface area contributed by atoms with Crippen LogP contribution in [0.5, 0.6) is 17.2 Å². The zero-order chi connectivity index (χ0) is 29.8. The standard InChI is InChI=1S/C31H32BrN3O6/c1-7-40-27-14-20(13-24(32)28(27)41-19(5)31(37)38)16-33-35-29(34-25-11-9-8-10-21(25)30(35)36)23-15-22(17(2)3)26(39-6)12-18(23)4/h8-17,19H,7H2,1-6H3,(H,37,38)/t19-/m0/s1. The average Bonchev–Trinajstić information content (AvgIpc) is 2.93. The molecule has 10 heteroatoms. The molecule has 4 rings (SSSR count). The molecule has 0 spiro atoms. The molecule has 1 N–H and O–H groups in total. The molecular weight excluding hydrogens is 590 g/mol. The number of para-hydroxylation sites is 1. The van der Waals surface area contributed by atoms with Crippen LogP contribution >= 0.6 is 15.9 Å². The number of hydrogen-bond acceptors (Lipinski definition) is 7. The summed E-state index contributed by atoms with van der Waals surface area (Å²) in [7, 11) is 1.64. The number of ether oxygens (including phenoxy) is 3. The van der Waals surface area contributed by atoms with Crippen molar-refractivity contribution in [3.8, 4) is 28.6 Å². The Hall–Kier alpha value is -4.18. The Balaban J connectivity index is 1.90. The number of carboxylic acid groups (broad SMARTS) is 1. The second-order valence-electron chi connectivity index (χ2n) is 9.74. The van der Waals surface area contributed by atoms with Crippen molar-refractivity contribution in [2.75, 3.05) is 13.7 Å². The van der Waals surface area contributed by atoms with E-state index in [1.807, 2.05) is 32.0 Å². The Morgan fingerprint density at radius 3 is 2.54 bits per heavy atom. The fraction of sp³-hybridized carbons (Fsp3) is 0.290. The van der Waals surface area contributed by atoms with Gasteiger partial charge in [0.1, 0.15) is 5.75 Å². The van der Waals surface area contributed by atoms with Crippen LogP contribution in [0.2, 0.25) is 0 Å². The first-order valence-electron chi connectivity index (χ1n) is 13.2. The summed E-state index contributed by atoms with van der Waals surface area (Å²) in [6, 6.07) is 14.5. The Bertz CT molecular complexity index is 1700. The number of methoxy groups -OCH3 is 1. The first-order chi connectivity index (χ1) is 19.5. The van der Waals surface area contributed by atoms with Crippen molar-refractivity contribution in [3.63, 3.8) is 0 Å². The number of carbonyl (C=O) groups is 1. The number of rotatable bonds is 10. The first kappa shape index (κ1) is 29.8. The molecule has 0 bridgehead atoms. The number of hydrogen-bond donors (Lipinski definition) is 1. The summed E-state index contributed by atoms with van der Waals surface area (Å²) < 4.78 is 18.8. The first-order valence-corrected chi connectivity index (χ1v) is 14.0. The second kappa shape index (κ2) is 12.6. The maximum Gasteiger partial charge on any atom is 0.344 e. The fourth-order valence-electron chi connectivity index (χ4n) is 4.36. The summed E-state index contributed by atoms with van der Waals surface area (Å²) in [6.45, 7) is 9.68. The van der Waals surface area contributed by atoms with Crippen LogP contribution in [-0.4, -0.2) is 46.8 Å². The zero-order valence-corrected chi connectivity index (χ0v) is 25.4. The predicted molar refractivity (Wildman–Crippen MR) is 163 cm³/mol. The van der Waals surface area contributed by atoms with Gasteiger partial charge >= 0.3 is 5.97 Å². The number of carboxylic acids is 1. The minimum atomic E-state index is -1.10. The molecule has 1 aromatic heterocycles. The fourth-order valence-corrected chi connectivity index (χ4v) is 4.92. The van der Waals surface area contributed by atoms with Crippen molar-refractivity contribution in [3.05, 3.63) is 80.0 Å². The molecule has 0 unspecified atom stereocenters. The Labute approximate surface area is 246 Å². The van der Waals surface area contributed by atoms with Gasteiger partial charge in [0.05, 0.1) is 35.3 Å². The molecule has 0 aliphatic carbocycles. The topological polar surface area (TPSA) is 112 Å². The van der Waals surface area contributed by atoms with E-state index >= 15 is 0 Å². The molecule has 0 saturated carbocycles. The molecule has 3 aromatic carbocycles. The molecule has 41 heavy (non-hydrogen) atoms. The lowest BCUT2D eigenvalue weighted by Gasteiger charge is -2.18. The lowest BCUT2D eigenvalue weighted by atomic mass is 9.96. The van der Waals surface area contributed by atoms with Crippen LogP contribution in [0, 0.1) is 6.92 Å². The monoisotopic (exact) mass is 621 g/mol.